The molecule has 0 amide bonds. The van der Waals surface area contributed by atoms with Crippen LogP contribution in [0.5, 0.6) is 0 Å². The van der Waals surface area contributed by atoms with E-state index in [1.165, 1.54) is 0 Å². The molecule has 0 aromatic carbocycles. The van der Waals surface area contributed by atoms with E-state index in [2.05, 4.69) is 31.6 Å². The average molecular weight is 355 g/mol. The lowest BCUT2D eigenvalue weighted by atomic mass is 10.0. The van der Waals surface area contributed by atoms with Crippen molar-refractivity contribution in [1.82, 2.24) is 24.9 Å². The van der Waals surface area contributed by atoms with Crippen LogP contribution in [-0.2, 0) is 24.1 Å². The van der Waals surface area contributed by atoms with Crippen LogP contribution in [0.3, 0.4) is 0 Å². The van der Waals surface area contributed by atoms with Crippen molar-refractivity contribution in [1.29, 1.82) is 5.26 Å². The summed E-state index contributed by atoms with van der Waals surface area (Å²) in [5, 5.41) is 25.6. The Hall–Kier alpha value is -2.50. The minimum absolute atomic E-state index is 0.495. The van der Waals surface area contributed by atoms with Gasteiger partial charge in [0.25, 0.3) is 0 Å². The minimum atomic E-state index is 0.495. The van der Waals surface area contributed by atoms with E-state index in [0.717, 1.165) is 69.2 Å². The van der Waals surface area contributed by atoms with Crippen molar-refractivity contribution in [2.75, 3.05) is 38.2 Å². The highest BCUT2D eigenvalue weighted by Crippen LogP contribution is 2.23. The lowest BCUT2D eigenvalue weighted by Crippen LogP contribution is -2.38. The van der Waals surface area contributed by atoms with Gasteiger partial charge in [-0.25, -0.2) is 0 Å². The molecule has 0 spiro atoms. The van der Waals surface area contributed by atoms with Crippen molar-refractivity contribution >= 4 is 11.5 Å². The van der Waals surface area contributed by atoms with Crippen LogP contribution in [0.4, 0.5) is 11.5 Å². The Kier molecular flexibility index (Phi) is 6.15. The Morgan fingerprint density at radius 1 is 1.19 bits per heavy atom. The SMILES string of the molecule is CCc1nnc(Nc2cnn(CCN3CCOCC3)c2)c(C#N)c1CC. The molecule has 8 heteroatoms. The second-order valence-electron chi connectivity index (χ2n) is 6.24. The van der Waals surface area contributed by atoms with Gasteiger partial charge in [0, 0.05) is 25.8 Å². The van der Waals surface area contributed by atoms with Gasteiger partial charge >= 0.3 is 0 Å². The minimum Gasteiger partial charge on any atom is -0.379 e. The molecule has 0 unspecified atom stereocenters. The molecule has 1 fully saturated rings. The van der Waals surface area contributed by atoms with E-state index in [1.807, 2.05) is 24.7 Å². The zero-order valence-electron chi connectivity index (χ0n) is 15.4. The maximum atomic E-state index is 9.57. The van der Waals surface area contributed by atoms with E-state index in [1.54, 1.807) is 6.20 Å². The molecule has 26 heavy (non-hydrogen) atoms. The Morgan fingerprint density at radius 3 is 2.69 bits per heavy atom. The van der Waals surface area contributed by atoms with Crippen LogP contribution >= 0.6 is 0 Å². The van der Waals surface area contributed by atoms with Gasteiger partial charge in [-0.1, -0.05) is 13.8 Å². The van der Waals surface area contributed by atoms with Gasteiger partial charge in [0.1, 0.15) is 11.6 Å². The molecule has 1 aliphatic heterocycles. The molecule has 0 radical (unpaired) electrons. The van der Waals surface area contributed by atoms with E-state index in [4.69, 9.17) is 4.74 Å². The highest BCUT2D eigenvalue weighted by molar-refractivity contribution is 5.63. The predicted octanol–water partition coefficient (Wildman–Crippen LogP) is 1.75. The first-order valence-electron chi connectivity index (χ1n) is 9.13. The number of morpholine rings is 1. The fourth-order valence-electron chi connectivity index (χ4n) is 3.14. The summed E-state index contributed by atoms with van der Waals surface area (Å²) in [7, 11) is 0. The van der Waals surface area contributed by atoms with Crippen LogP contribution in [0.25, 0.3) is 0 Å². The summed E-state index contributed by atoms with van der Waals surface area (Å²) in [5.41, 5.74) is 3.23. The smallest absolute Gasteiger partial charge is 0.171 e. The lowest BCUT2D eigenvalue weighted by molar-refractivity contribution is 0.0360. The second kappa shape index (κ2) is 8.74. The average Bonchev–Trinajstić information content (AvgIpc) is 3.14. The molecule has 1 N–H and O–H groups in total. The molecular weight excluding hydrogens is 330 g/mol. The van der Waals surface area contributed by atoms with E-state index in [0.29, 0.717) is 11.4 Å². The van der Waals surface area contributed by atoms with Crippen LogP contribution in [0.1, 0.15) is 30.7 Å². The Bertz CT molecular complexity index is 774. The van der Waals surface area contributed by atoms with Gasteiger partial charge in [-0.05, 0) is 18.4 Å². The molecule has 0 saturated carbocycles. The summed E-state index contributed by atoms with van der Waals surface area (Å²) < 4.78 is 7.27. The molecule has 0 bridgehead atoms. The number of aryl methyl sites for hydroxylation is 1. The molecule has 1 aliphatic rings. The molecule has 0 aliphatic carbocycles. The number of hydrogen-bond donors (Lipinski definition) is 1. The molecular formula is C18H25N7O. The summed E-state index contributed by atoms with van der Waals surface area (Å²) >= 11 is 0. The Balaban J connectivity index is 1.68. The van der Waals surface area contributed by atoms with Crippen molar-refractivity contribution in [3.05, 3.63) is 29.2 Å². The summed E-state index contributed by atoms with van der Waals surface area (Å²) in [5.74, 6) is 0.495. The van der Waals surface area contributed by atoms with Crippen LogP contribution < -0.4 is 5.32 Å². The summed E-state index contributed by atoms with van der Waals surface area (Å²) in [6.07, 6.45) is 5.21. The highest BCUT2D eigenvalue weighted by Gasteiger charge is 2.15. The molecule has 3 heterocycles. The molecule has 0 atom stereocenters. The maximum absolute atomic E-state index is 9.57. The quantitative estimate of drug-likeness (QED) is 0.809. The molecule has 138 valence electrons. The van der Waals surface area contributed by atoms with E-state index in [9.17, 15) is 5.26 Å². The van der Waals surface area contributed by atoms with Crippen LogP contribution in [0.15, 0.2) is 12.4 Å². The van der Waals surface area contributed by atoms with Gasteiger partial charge in [-0.2, -0.15) is 15.5 Å². The van der Waals surface area contributed by atoms with E-state index >= 15 is 0 Å². The Morgan fingerprint density at radius 2 is 2.00 bits per heavy atom. The first-order chi connectivity index (χ1) is 12.7. The number of nitrogens with zero attached hydrogens (tertiary/aromatic N) is 6. The van der Waals surface area contributed by atoms with Crippen molar-refractivity contribution in [3.8, 4) is 6.07 Å². The maximum Gasteiger partial charge on any atom is 0.171 e. The zero-order chi connectivity index (χ0) is 18.4. The van der Waals surface area contributed by atoms with Crippen LogP contribution in [-0.4, -0.2) is 57.7 Å². The normalized spacial score (nSPS) is 15.0. The number of rotatable bonds is 7. The fraction of sp³-hybridized carbons (Fsp3) is 0.556. The molecule has 1 saturated heterocycles. The summed E-state index contributed by atoms with van der Waals surface area (Å²) in [6, 6.07) is 2.27. The molecule has 2 aromatic heterocycles. The van der Waals surface area contributed by atoms with Gasteiger partial charge < -0.3 is 10.1 Å². The first kappa shape index (κ1) is 18.3. The van der Waals surface area contributed by atoms with Crippen molar-refractivity contribution in [2.45, 2.75) is 33.2 Å². The van der Waals surface area contributed by atoms with Crippen LogP contribution in [0.2, 0.25) is 0 Å². The first-order valence-corrected chi connectivity index (χ1v) is 9.13. The standard InChI is InChI=1S/C18H25N7O/c1-3-15-16(11-19)18(23-22-17(15)4-2)21-14-12-20-25(13-14)6-5-24-7-9-26-10-8-24/h12-13H,3-10H2,1-2H3,(H,21,23). The number of nitriles is 1. The van der Waals surface area contributed by atoms with Crippen molar-refractivity contribution < 1.29 is 4.74 Å². The largest absolute Gasteiger partial charge is 0.379 e. The fourth-order valence-corrected chi connectivity index (χ4v) is 3.14. The summed E-state index contributed by atoms with van der Waals surface area (Å²) in [4.78, 5) is 2.37. The molecule has 8 nitrogen and oxygen atoms in total. The van der Waals surface area contributed by atoms with Gasteiger partial charge in [0.05, 0.1) is 37.3 Å². The third kappa shape index (κ3) is 4.18. The third-order valence-corrected chi connectivity index (χ3v) is 4.60. The van der Waals surface area contributed by atoms with Gasteiger partial charge in [0.15, 0.2) is 5.82 Å². The lowest BCUT2D eigenvalue weighted by Gasteiger charge is -2.26. The number of nitrogens with one attached hydrogen (secondary N) is 1. The highest BCUT2D eigenvalue weighted by atomic mass is 16.5. The second-order valence-corrected chi connectivity index (χ2v) is 6.24. The van der Waals surface area contributed by atoms with Crippen molar-refractivity contribution in [2.24, 2.45) is 0 Å². The van der Waals surface area contributed by atoms with Crippen molar-refractivity contribution in [3.63, 3.8) is 0 Å². The third-order valence-electron chi connectivity index (χ3n) is 4.60. The number of hydrogen-bond acceptors (Lipinski definition) is 7. The summed E-state index contributed by atoms with van der Waals surface area (Å²) in [6.45, 7) is 9.35. The predicted molar refractivity (Wildman–Crippen MR) is 98.3 cm³/mol. The molecule has 2 aromatic rings. The van der Waals surface area contributed by atoms with Crippen LogP contribution in [0, 0.1) is 11.3 Å². The topological polar surface area (TPSA) is 91.9 Å². The van der Waals surface area contributed by atoms with E-state index < -0.39 is 0 Å². The van der Waals surface area contributed by atoms with E-state index in [-0.39, 0.29) is 0 Å². The molecule has 3 rings (SSSR count). The van der Waals surface area contributed by atoms with Gasteiger partial charge in [-0.3, -0.25) is 9.58 Å². The number of anilines is 2. The number of ether oxygens (including phenoxy) is 1. The number of aromatic nitrogens is 4. The Labute approximate surface area is 153 Å². The van der Waals surface area contributed by atoms with Gasteiger partial charge in [-0.15, -0.1) is 5.10 Å². The monoisotopic (exact) mass is 355 g/mol. The zero-order valence-corrected chi connectivity index (χ0v) is 15.4. The van der Waals surface area contributed by atoms with Gasteiger partial charge in [0.2, 0.25) is 0 Å².